The molecule has 0 aromatic heterocycles. The smallest absolute Gasteiger partial charge is 0.320 e. The van der Waals surface area contributed by atoms with Gasteiger partial charge < -0.3 is 5.11 Å². The van der Waals surface area contributed by atoms with Crippen LogP contribution in [0.3, 0.4) is 0 Å². The summed E-state index contributed by atoms with van der Waals surface area (Å²) in [6.45, 7) is 0. The number of aliphatic carboxylic acids is 1. The van der Waals surface area contributed by atoms with Gasteiger partial charge in [-0.25, -0.2) is 17.2 Å². The highest BCUT2D eigenvalue weighted by atomic mass is 79.9. The molecule has 94 valence electrons. The minimum absolute atomic E-state index is 0.170. The van der Waals surface area contributed by atoms with Gasteiger partial charge in [0.1, 0.15) is 11.6 Å². The molecule has 0 amide bonds. The number of carbonyl (C=O) groups is 1. The van der Waals surface area contributed by atoms with E-state index in [9.17, 15) is 22.0 Å². The largest absolute Gasteiger partial charge is 0.480 e. The first-order chi connectivity index (χ1) is 7.71. The molecular formula is C8H6BrF2NO4S. The highest BCUT2D eigenvalue weighted by Gasteiger charge is 2.18. The van der Waals surface area contributed by atoms with Crippen molar-refractivity contribution in [3.05, 3.63) is 28.2 Å². The van der Waals surface area contributed by atoms with E-state index in [1.165, 1.54) is 0 Å². The topological polar surface area (TPSA) is 83.5 Å². The van der Waals surface area contributed by atoms with Crippen molar-refractivity contribution < 1.29 is 27.1 Å². The first kappa shape index (κ1) is 13.8. The van der Waals surface area contributed by atoms with Crippen LogP contribution >= 0.6 is 15.9 Å². The van der Waals surface area contributed by atoms with Crippen LogP contribution in [0.1, 0.15) is 0 Å². The molecule has 1 aromatic rings. The molecule has 5 nitrogen and oxygen atoms in total. The molecule has 0 bridgehead atoms. The molecule has 0 spiro atoms. The Morgan fingerprint density at radius 1 is 1.35 bits per heavy atom. The van der Waals surface area contributed by atoms with E-state index in [-0.39, 0.29) is 4.47 Å². The van der Waals surface area contributed by atoms with Gasteiger partial charge in [-0.3, -0.25) is 9.52 Å². The molecule has 0 heterocycles. The van der Waals surface area contributed by atoms with E-state index in [1.807, 2.05) is 0 Å². The van der Waals surface area contributed by atoms with Crippen molar-refractivity contribution in [1.29, 1.82) is 0 Å². The summed E-state index contributed by atoms with van der Waals surface area (Å²) in [6, 6.07) is 1.34. The van der Waals surface area contributed by atoms with E-state index in [4.69, 9.17) is 5.11 Å². The molecule has 0 aliphatic heterocycles. The number of halogens is 3. The highest BCUT2D eigenvalue weighted by molar-refractivity contribution is 9.10. The van der Waals surface area contributed by atoms with Gasteiger partial charge in [0.15, 0.2) is 5.75 Å². The zero-order chi connectivity index (χ0) is 13.2. The van der Waals surface area contributed by atoms with Crippen LogP contribution < -0.4 is 4.72 Å². The monoisotopic (exact) mass is 329 g/mol. The summed E-state index contributed by atoms with van der Waals surface area (Å²) in [4.78, 5) is 10.2. The van der Waals surface area contributed by atoms with Crippen molar-refractivity contribution in [2.24, 2.45) is 0 Å². The summed E-state index contributed by atoms with van der Waals surface area (Å²) in [5.41, 5.74) is -0.646. The van der Waals surface area contributed by atoms with Gasteiger partial charge in [0.2, 0.25) is 10.0 Å². The average molecular weight is 330 g/mol. The normalized spacial score (nSPS) is 11.2. The van der Waals surface area contributed by atoms with Crippen LogP contribution in [-0.2, 0) is 14.8 Å². The van der Waals surface area contributed by atoms with E-state index >= 15 is 0 Å². The van der Waals surface area contributed by atoms with Crippen molar-refractivity contribution in [2.45, 2.75) is 0 Å². The van der Waals surface area contributed by atoms with Gasteiger partial charge in [0, 0.05) is 6.07 Å². The van der Waals surface area contributed by atoms with E-state index in [1.54, 1.807) is 4.72 Å². The average Bonchev–Trinajstić information content (AvgIpc) is 2.11. The maximum Gasteiger partial charge on any atom is 0.320 e. The third kappa shape index (κ3) is 3.93. The molecular weight excluding hydrogens is 324 g/mol. The van der Waals surface area contributed by atoms with Gasteiger partial charge in [0.25, 0.3) is 0 Å². The van der Waals surface area contributed by atoms with Crippen LogP contribution in [0.15, 0.2) is 16.6 Å². The molecule has 0 radical (unpaired) electrons. The van der Waals surface area contributed by atoms with Crippen LogP contribution in [-0.4, -0.2) is 25.2 Å². The second-order valence-corrected chi connectivity index (χ2v) is 5.58. The third-order valence-corrected chi connectivity index (χ3v) is 3.35. The number of carboxylic acid groups (broad SMARTS) is 1. The Bertz CT molecular complexity index is 561. The second kappa shape index (κ2) is 4.96. The van der Waals surface area contributed by atoms with Crippen LogP contribution in [0.4, 0.5) is 14.5 Å². The van der Waals surface area contributed by atoms with E-state index < -0.39 is 39.1 Å². The Morgan fingerprint density at radius 2 is 1.94 bits per heavy atom. The van der Waals surface area contributed by atoms with Gasteiger partial charge in [-0.15, -0.1) is 0 Å². The van der Waals surface area contributed by atoms with E-state index in [2.05, 4.69) is 15.9 Å². The Labute approximate surface area is 104 Å². The minimum Gasteiger partial charge on any atom is -0.480 e. The van der Waals surface area contributed by atoms with E-state index in [0.717, 1.165) is 6.07 Å². The lowest BCUT2D eigenvalue weighted by atomic mass is 10.3. The summed E-state index contributed by atoms with van der Waals surface area (Å²) < 4.78 is 50.1. The number of benzene rings is 1. The van der Waals surface area contributed by atoms with Crippen molar-refractivity contribution in [2.75, 3.05) is 10.5 Å². The van der Waals surface area contributed by atoms with Crippen LogP contribution in [0.2, 0.25) is 0 Å². The first-order valence-electron chi connectivity index (χ1n) is 4.08. The standard InChI is InChI=1S/C8H6BrF2NO4S/c9-4-1-6(11)7(2-5(4)10)12-17(15,16)3-8(13)14/h1-2,12H,3H2,(H,13,14). The fourth-order valence-electron chi connectivity index (χ4n) is 0.967. The second-order valence-electron chi connectivity index (χ2n) is 3.00. The molecule has 0 saturated carbocycles. The van der Waals surface area contributed by atoms with E-state index in [0.29, 0.717) is 6.07 Å². The number of nitrogens with one attached hydrogen (secondary N) is 1. The maximum absolute atomic E-state index is 13.2. The van der Waals surface area contributed by atoms with Gasteiger partial charge >= 0.3 is 5.97 Å². The third-order valence-electron chi connectivity index (χ3n) is 1.59. The van der Waals surface area contributed by atoms with Crippen molar-refractivity contribution >= 4 is 37.6 Å². The molecule has 17 heavy (non-hydrogen) atoms. The molecule has 2 N–H and O–H groups in total. The summed E-state index contributed by atoms with van der Waals surface area (Å²) in [5, 5.41) is 8.30. The Kier molecular flexibility index (Phi) is 4.04. The number of carboxylic acids is 1. The van der Waals surface area contributed by atoms with Crippen LogP contribution in [0.25, 0.3) is 0 Å². The molecule has 9 heteroatoms. The first-order valence-corrected chi connectivity index (χ1v) is 6.52. The lowest BCUT2D eigenvalue weighted by Gasteiger charge is -2.07. The van der Waals surface area contributed by atoms with Crippen molar-refractivity contribution in [3.8, 4) is 0 Å². The number of sulfonamides is 1. The summed E-state index contributed by atoms with van der Waals surface area (Å²) in [5.74, 6) is -4.73. The summed E-state index contributed by atoms with van der Waals surface area (Å²) >= 11 is 2.71. The lowest BCUT2D eigenvalue weighted by Crippen LogP contribution is -2.23. The quantitative estimate of drug-likeness (QED) is 0.821. The molecule has 0 saturated heterocycles. The predicted molar refractivity (Wildman–Crippen MR) is 59.1 cm³/mol. The van der Waals surface area contributed by atoms with Crippen LogP contribution in [0.5, 0.6) is 0 Å². The molecule has 0 aliphatic carbocycles. The summed E-state index contributed by atoms with van der Waals surface area (Å²) in [6.07, 6.45) is 0. The number of hydrogen-bond donors (Lipinski definition) is 2. The van der Waals surface area contributed by atoms with Crippen LogP contribution in [0, 0.1) is 11.6 Å². The fourth-order valence-corrected chi connectivity index (χ4v) is 2.17. The van der Waals surface area contributed by atoms with Crippen molar-refractivity contribution in [1.82, 2.24) is 0 Å². The zero-order valence-corrected chi connectivity index (χ0v) is 10.5. The molecule has 1 aromatic carbocycles. The van der Waals surface area contributed by atoms with Gasteiger partial charge in [-0.05, 0) is 22.0 Å². The lowest BCUT2D eigenvalue weighted by molar-refractivity contribution is -0.134. The Morgan fingerprint density at radius 3 is 2.47 bits per heavy atom. The number of hydrogen-bond acceptors (Lipinski definition) is 3. The molecule has 1 rings (SSSR count). The molecule has 0 atom stereocenters. The number of anilines is 1. The molecule has 0 unspecified atom stereocenters. The predicted octanol–water partition coefficient (Wildman–Crippen LogP) is 1.55. The minimum atomic E-state index is -4.26. The fraction of sp³-hybridized carbons (Fsp3) is 0.125. The summed E-state index contributed by atoms with van der Waals surface area (Å²) in [7, 11) is -4.26. The molecule has 0 fully saturated rings. The Balaban J connectivity index is 3.04. The molecule has 0 aliphatic rings. The van der Waals surface area contributed by atoms with Gasteiger partial charge in [0.05, 0.1) is 10.2 Å². The van der Waals surface area contributed by atoms with Gasteiger partial charge in [-0.2, -0.15) is 0 Å². The highest BCUT2D eigenvalue weighted by Crippen LogP contribution is 2.24. The number of rotatable bonds is 4. The van der Waals surface area contributed by atoms with Gasteiger partial charge in [-0.1, -0.05) is 0 Å². The Hall–Kier alpha value is -1.22. The zero-order valence-electron chi connectivity index (χ0n) is 8.08. The van der Waals surface area contributed by atoms with Crippen molar-refractivity contribution in [3.63, 3.8) is 0 Å². The SMILES string of the molecule is O=C(O)CS(=O)(=O)Nc1cc(F)c(Br)cc1F. The maximum atomic E-state index is 13.2.